The standard InChI is InChI=1S/C16H16ClNO2/c1-11-4-3-5-13(8-11)18-16(19)10-20-14-6-7-15(17)12(2)9-14/h3-9H,10H2,1-2H3,(H,18,19). The third-order valence-electron chi connectivity index (χ3n) is 2.80. The van der Waals surface area contributed by atoms with E-state index in [9.17, 15) is 4.79 Å². The number of ether oxygens (including phenoxy) is 1. The average Bonchev–Trinajstić information content (AvgIpc) is 2.40. The maximum Gasteiger partial charge on any atom is 0.262 e. The molecule has 0 aliphatic heterocycles. The number of halogens is 1. The highest BCUT2D eigenvalue weighted by Crippen LogP contribution is 2.21. The molecule has 0 heterocycles. The molecule has 0 bridgehead atoms. The first-order valence-electron chi connectivity index (χ1n) is 6.30. The third-order valence-corrected chi connectivity index (χ3v) is 3.23. The van der Waals surface area contributed by atoms with Crippen LogP contribution in [0.5, 0.6) is 5.75 Å². The van der Waals surface area contributed by atoms with Crippen LogP contribution in [-0.2, 0) is 4.79 Å². The van der Waals surface area contributed by atoms with E-state index in [4.69, 9.17) is 16.3 Å². The van der Waals surface area contributed by atoms with Gasteiger partial charge in [0.2, 0.25) is 0 Å². The molecule has 1 N–H and O–H groups in total. The van der Waals surface area contributed by atoms with Gasteiger partial charge in [-0.3, -0.25) is 4.79 Å². The lowest BCUT2D eigenvalue weighted by molar-refractivity contribution is -0.118. The molecule has 0 unspecified atom stereocenters. The molecule has 0 aliphatic rings. The van der Waals surface area contributed by atoms with E-state index < -0.39 is 0 Å². The number of carbonyl (C=O) groups excluding carboxylic acids is 1. The summed E-state index contributed by atoms with van der Waals surface area (Å²) >= 11 is 5.93. The van der Waals surface area contributed by atoms with Gasteiger partial charge >= 0.3 is 0 Å². The van der Waals surface area contributed by atoms with E-state index in [-0.39, 0.29) is 12.5 Å². The van der Waals surface area contributed by atoms with Crippen molar-refractivity contribution in [2.24, 2.45) is 0 Å². The second-order valence-corrected chi connectivity index (χ2v) is 5.02. The van der Waals surface area contributed by atoms with Crippen molar-refractivity contribution in [2.75, 3.05) is 11.9 Å². The molecule has 0 aliphatic carbocycles. The lowest BCUT2D eigenvalue weighted by Crippen LogP contribution is -2.20. The second-order valence-electron chi connectivity index (χ2n) is 4.62. The monoisotopic (exact) mass is 289 g/mol. The largest absolute Gasteiger partial charge is 0.484 e. The van der Waals surface area contributed by atoms with Gasteiger partial charge in [0.1, 0.15) is 5.75 Å². The zero-order valence-electron chi connectivity index (χ0n) is 11.4. The molecule has 4 heteroatoms. The zero-order valence-corrected chi connectivity index (χ0v) is 12.2. The fraction of sp³-hybridized carbons (Fsp3) is 0.188. The molecule has 0 saturated heterocycles. The molecular formula is C16H16ClNO2. The molecule has 0 radical (unpaired) electrons. The summed E-state index contributed by atoms with van der Waals surface area (Å²) in [4.78, 5) is 11.8. The van der Waals surface area contributed by atoms with E-state index in [0.29, 0.717) is 10.8 Å². The molecule has 1 amide bonds. The van der Waals surface area contributed by atoms with Gasteiger partial charge in [0.25, 0.3) is 5.91 Å². The Morgan fingerprint density at radius 2 is 2.00 bits per heavy atom. The Morgan fingerprint density at radius 1 is 1.20 bits per heavy atom. The molecular weight excluding hydrogens is 274 g/mol. The maximum atomic E-state index is 11.8. The number of benzene rings is 2. The maximum absolute atomic E-state index is 11.8. The summed E-state index contributed by atoms with van der Waals surface area (Å²) in [5, 5.41) is 3.47. The fourth-order valence-corrected chi connectivity index (χ4v) is 1.89. The van der Waals surface area contributed by atoms with Gasteiger partial charge in [-0.25, -0.2) is 0 Å². The highest BCUT2D eigenvalue weighted by molar-refractivity contribution is 6.31. The summed E-state index contributed by atoms with van der Waals surface area (Å²) in [6.07, 6.45) is 0. The summed E-state index contributed by atoms with van der Waals surface area (Å²) < 4.78 is 5.44. The van der Waals surface area contributed by atoms with Crippen molar-refractivity contribution in [2.45, 2.75) is 13.8 Å². The van der Waals surface area contributed by atoms with Gasteiger partial charge in [-0.15, -0.1) is 0 Å². The van der Waals surface area contributed by atoms with Crippen LogP contribution in [0, 0.1) is 13.8 Å². The van der Waals surface area contributed by atoms with Crippen molar-refractivity contribution in [3.8, 4) is 5.75 Å². The van der Waals surface area contributed by atoms with Crippen LogP contribution >= 0.6 is 11.6 Å². The topological polar surface area (TPSA) is 38.3 Å². The summed E-state index contributed by atoms with van der Waals surface area (Å²) in [7, 11) is 0. The number of aryl methyl sites for hydroxylation is 2. The minimum atomic E-state index is -0.191. The Labute approximate surface area is 123 Å². The van der Waals surface area contributed by atoms with Gasteiger partial charge in [-0.2, -0.15) is 0 Å². The smallest absolute Gasteiger partial charge is 0.262 e. The third kappa shape index (κ3) is 4.00. The number of rotatable bonds is 4. The van der Waals surface area contributed by atoms with E-state index in [1.54, 1.807) is 12.1 Å². The Bertz CT molecular complexity index is 626. The van der Waals surface area contributed by atoms with Gasteiger partial charge in [-0.1, -0.05) is 23.7 Å². The molecule has 3 nitrogen and oxygen atoms in total. The van der Waals surface area contributed by atoms with Crippen molar-refractivity contribution >= 4 is 23.2 Å². The van der Waals surface area contributed by atoms with Crippen LogP contribution in [0.15, 0.2) is 42.5 Å². The van der Waals surface area contributed by atoms with Crippen LogP contribution in [0.2, 0.25) is 5.02 Å². The van der Waals surface area contributed by atoms with Gasteiger partial charge in [0.15, 0.2) is 6.61 Å². The van der Waals surface area contributed by atoms with E-state index in [1.165, 1.54) is 0 Å². The minimum Gasteiger partial charge on any atom is -0.484 e. The summed E-state index contributed by atoms with van der Waals surface area (Å²) in [6, 6.07) is 12.9. The lowest BCUT2D eigenvalue weighted by atomic mass is 10.2. The number of nitrogens with one attached hydrogen (secondary N) is 1. The van der Waals surface area contributed by atoms with Gasteiger partial charge in [0, 0.05) is 10.7 Å². The predicted octanol–water partition coefficient (Wildman–Crippen LogP) is 3.97. The summed E-state index contributed by atoms with van der Waals surface area (Å²) in [5.41, 5.74) is 2.78. The van der Waals surface area contributed by atoms with Crippen LogP contribution in [-0.4, -0.2) is 12.5 Å². The van der Waals surface area contributed by atoms with Crippen LogP contribution in [0.1, 0.15) is 11.1 Å². The molecule has 0 saturated carbocycles. The first kappa shape index (κ1) is 14.4. The van der Waals surface area contributed by atoms with E-state index in [2.05, 4.69) is 5.32 Å². The highest BCUT2D eigenvalue weighted by atomic mass is 35.5. The molecule has 2 aromatic carbocycles. The lowest BCUT2D eigenvalue weighted by Gasteiger charge is -2.09. The molecule has 0 aromatic heterocycles. The van der Waals surface area contributed by atoms with E-state index in [0.717, 1.165) is 16.8 Å². The van der Waals surface area contributed by atoms with Crippen molar-refractivity contribution in [1.82, 2.24) is 0 Å². The second kappa shape index (κ2) is 6.44. The number of hydrogen-bond acceptors (Lipinski definition) is 2. The first-order valence-corrected chi connectivity index (χ1v) is 6.68. The zero-order chi connectivity index (χ0) is 14.5. The molecule has 0 spiro atoms. The van der Waals surface area contributed by atoms with Gasteiger partial charge < -0.3 is 10.1 Å². The molecule has 2 rings (SSSR count). The van der Waals surface area contributed by atoms with Crippen LogP contribution in [0.25, 0.3) is 0 Å². The van der Waals surface area contributed by atoms with Gasteiger partial charge in [-0.05, 0) is 55.3 Å². The molecule has 0 fully saturated rings. The summed E-state index contributed by atoms with van der Waals surface area (Å²) in [5.74, 6) is 0.439. The molecule has 104 valence electrons. The van der Waals surface area contributed by atoms with Gasteiger partial charge in [0.05, 0.1) is 0 Å². The first-order chi connectivity index (χ1) is 9.54. The Morgan fingerprint density at radius 3 is 2.70 bits per heavy atom. The van der Waals surface area contributed by atoms with Crippen LogP contribution in [0.3, 0.4) is 0 Å². The molecule has 2 aromatic rings. The van der Waals surface area contributed by atoms with Crippen molar-refractivity contribution in [3.63, 3.8) is 0 Å². The Hall–Kier alpha value is -2.00. The Kier molecular flexibility index (Phi) is 4.64. The molecule has 20 heavy (non-hydrogen) atoms. The fourth-order valence-electron chi connectivity index (χ4n) is 1.78. The quantitative estimate of drug-likeness (QED) is 0.925. The number of hydrogen-bond donors (Lipinski definition) is 1. The summed E-state index contributed by atoms with van der Waals surface area (Å²) in [6.45, 7) is 3.83. The highest BCUT2D eigenvalue weighted by Gasteiger charge is 2.05. The van der Waals surface area contributed by atoms with Crippen LogP contribution in [0.4, 0.5) is 5.69 Å². The van der Waals surface area contributed by atoms with Crippen molar-refractivity contribution < 1.29 is 9.53 Å². The minimum absolute atomic E-state index is 0.0327. The Balaban J connectivity index is 1.90. The van der Waals surface area contributed by atoms with Crippen molar-refractivity contribution in [1.29, 1.82) is 0 Å². The molecule has 0 atom stereocenters. The normalized spacial score (nSPS) is 10.2. The number of anilines is 1. The van der Waals surface area contributed by atoms with E-state index in [1.807, 2.05) is 44.2 Å². The van der Waals surface area contributed by atoms with E-state index >= 15 is 0 Å². The number of amides is 1. The van der Waals surface area contributed by atoms with Crippen molar-refractivity contribution in [3.05, 3.63) is 58.6 Å². The predicted molar refractivity (Wildman–Crippen MR) is 81.5 cm³/mol. The average molecular weight is 290 g/mol. The number of carbonyl (C=O) groups is 1. The SMILES string of the molecule is Cc1cccc(NC(=O)COc2ccc(Cl)c(C)c2)c1. The van der Waals surface area contributed by atoms with Crippen LogP contribution < -0.4 is 10.1 Å².